The van der Waals surface area contributed by atoms with Crippen molar-refractivity contribution in [2.75, 3.05) is 16.9 Å². The summed E-state index contributed by atoms with van der Waals surface area (Å²) in [4.78, 5) is 16.3. The van der Waals surface area contributed by atoms with Crippen LogP contribution in [0.3, 0.4) is 0 Å². The van der Waals surface area contributed by atoms with Gasteiger partial charge >= 0.3 is 0 Å². The quantitative estimate of drug-likeness (QED) is 0.513. The Hall–Kier alpha value is -2.87. The van der Waals surface area contributed by atoms with Gasteiger partial charge in [-0.25, -0.2) is 4.68 Å². The number of hydrogen-bond donors (Lipinski definition) is 2. The van der Waals surface area contributed by atoms with Gasteiger partial charge in [0.25, 0.3) is 0 Å². The fourth-order valence-electron chi connectivity index (χ4n) is 2.50. The molecule has 0 fully saturated rings. The Morgan fingerprint density at radius 1 is 1.19 bits per heavy atom. The summed E-state index contributed by atoms with van der Waals surface area (Å²) in [6.45, 7) is 4.19. The summed E-state index contributed by atoms with van der Waals surface area (Å²) in [6.07, 6.45) is 3.33. The third kappa shape index (κ3) is 4.02. The first kappa shape index (κ1) is 17.9. The molecule has 0 saturated heterocycles. The Balaban J connectivity index is 1.65. The highest BCUT2D eigenvalue weighted by molar-refractivity contribution is 7.99. The average molecular weight is 368 g/mol. The maximum Gasteiger partial charge on any atom is 0.234 e. The van der Waals surface area contributed by atoms with Gasteiger partial charge in [-0.15, -0.1) is 10.2 Å². The number of thioether (sulfide) groups is 1. The minimum Gasteiger partial charge on any atom is -0.335 e. The minimum atomic E-state index is -0.114. The van der Waals surface area contributed by atoms with Gasteiger partial charge in [-0.2, -0.15) is 0 Å². The van der Waals surface area contributed by atoms with Crippen LogP contribution in [-0.2, 0) is 4.79 Å². The topological polar surface area (TPSA) is 98.7 Å². The van der Waals surface area contributed by atoms with Crippen molar-refractivity contribution >= 4 is 23.4 Å². The van der Waals surface area contributed by atoms with E-state index < -0.39 is 0 Å². The third-order valence-corrected chi connectivity index (χ3v) is 4.74. The second-order valence-electron chi connectivity index (χ2n) is 5.99. The van der Waals surface area contributed by atoms with E-state index in [1.165, 1.54) is 16.4 Å². The van der Waals surface area contributed by atoms with Gasteiger partial charge in [-0.3, -0.25) is 9.78 Å². The summed E-state index contributed by atoms with van der Waals surface area (Å²) in [6, 6.07) is 11.4. The van der Waals surface area contributed by atoms with Gasteiger partial charge in [-0.05, 0) is 29.7 Å². The fraction of sp³-hybridized carbons (Fsp3) is 0.222. The SMILES string of the molecule is CC(C)c1ccccc1NC(=O)CSc1nnc(-c2ccncc2)n1N. The molecular formula is C18H20N6OS. The lowest BCUT2D eigenvalue weighted by Gasteiger charge is -2.13. The van der Waals surface area contributed by atoms with Crippen LogP contribution in [0.15, 0.2) is 53.9 Å². The molecule has 3 rings (SSSR count). The number of benzene rings is 1. The molecule has 7 nitrogen and oxygen atoms in total. The van der Waals surface area contributed by atoms with Crippen molar-refractivity contribution in [3.63, 3.8) is 0 Å². The standard InChI is InChI=1S/C18H20N6OS/c1-12(2)14-5-3-4-6-15(14)21-16(25)11-26-18-23-22-17(24(18)19)13-7-9-20-10-8-13/h3-10,12H,11,19H2,1-2H3,(H,21,25). The second-order valence-corrected chi connectivity index (χ2v) is 6.93. The summed E-state index contributed by atoms with van der Waals surface area (Å²) in [5, 5.41) is 11.6. The number of anilines is 1. The van der Waals surface area contributed by atoms with Gasteiger partial charge in [0, 0.05) is 23.6 Å². The molecule has 0 unspecified atom stereocenters. The zero-order valence-corrected chi connectivity index (χ0v) is 15.4. The van der Waals surface area contributed by atoms with E-state index in [1.807, 2.05) is 24.3 Å². The first-order valence-corrected chi connectivity index (χ1v) is 9.17. The molecule has 0 saturated carbocycles. The number of amides is 1. The third-order valence-electron chi connectivity index (χ3n) is 3.79. The number of pyridine rings is 1. The number of carbonyl (C=O) groups excluding carboxylic acids is 1. The number of nitrogens with zero attached hydrogens (tertiary/aromatic N) is 4. The van der Waals surface area contributed by atoms with Gasteiger partial charge in [0.05, 0.1) is 5.75 Å². The zero-order valence-electron chi connectivity index (χ0n) is 14.6. The number of carbonyl (C=O) groups is 1. The number of aromatic nitrogens is 4. The van der Waals surface area contributed by atoms with E-state index in [9.17, 15) is 4.79 Å². The van der Waals surface area contributed by atoms with Crippen molar-refractivity contribution < 1.29 is 4.79 Å². The summed E-state index contributed by atoms with van der Waals surface area (Å²) >= 11 is 1.24. The number of nitrogens with two attached hydrogens (primary N) is 1. The van der Waals surface area contributed by atoms with Gasteiger partial charge in [-0.1, -0.05) is 43.8 Å². The average Bonchev–Trinajstić information content (AvgIpc) is 3.01. The van der Waals surface area contributed by atoms with Crippen molar-refractivity contribution in [2.24, 2.45) is 0 Å². The van der Waals surface area contributed by atoms with E-state index in [0.717, 1.165) is 16.8 Å². The number of para-hydroxylation sites is 1. The highest BCUT2D eigenvalue weighted by Crippen LogP contribution is 2.25. The summed E-state index contributed by atoms with van der Waals surface area (Å²) in [7, 11) is 0. The van der Waals surface area contributed by atoms with Crippen LogP contribution >= 0.6 is 11.8 Å². The molecule has 0 spiro atoms. The number of nitrogens with one attached hydrogen (secondary N) is 1. The second kappa shape index (κ2) is 8.01. The normalized spacial score (nSPS) is 10.9. The number of nitrogen functional groups attached to an aromatic ring is 1. The van der Waals surface area contributed by atoms with Crippen LogP contribution in [0, 0.1) is 0 Å². The van der Waals surface area contributed by atoms with E-state index in [4.69, 9.17) is 5.84 Å². The van der Waals surface area contributed by atoms with Crippen LogP contribution < -0.4 is 11.2 Å². The van der Waals surface area contributed by atoms with Crippen LogP contribution in [0.5, 0.6) is 0 Å². The molecule has 2 aromatic heterocycles. The van der Waals surface area contributed by atoms with Crippen LogP contribution in [0.1, 0.15) is 25.3 Å². The molecular weight excluding hydrogens is 348 g/mol. The monoisotopic (exact) mass is 368 g/mol. The molecule has 8 heteroatoms. The predicted molar refractivity (Wildman–Crippen MR) is 103 cm³/mol. The molecule has 1 aromatic carbocycles. The zero-order chi connectivity index (χ0) is 18.5. The van der Waals surface area contributed by atoms with Crippen molar-refractivity contribution in [1.29, 1.82) is 0 Å². The smallest absolute Gasteiger partial charge is 0.234 e. The molecule has 1 amide bonds. The maximum atomic E-state index is 12.3. The first-order valence-electron chi connectivity index (χ1n) is 8.18. The lowest BCUT2D eigenvalue weighted by Crippen LogP contribution is -2.17. The van der Waals surface area contributed by atoms with Gasteiger partial charge in [0.15, 0.2) is 5.82 Å². The van der Waals surface area contributed by atoms with Crippen molar-refractivity contribution in [2.45, 2.75) is 24.9 Å². The molecule has 0 aliphatic carbocycles. The molecule has 3 aromatic rings. The van der Waals surface area contributed by atoms with Crippen LogP contribution in [0.4, 0.5) is 5.69 Å². The van der Waals surface area contributed by atoms with E-state index in [-0.39, 0.29) is 11.7 Å². The molecule has 2 heterocycles. The molecule has 0 atom stereocenters. The van der Waals surface area contributed by atoms with E-state index in [1.54, 1.807) is 24.5 Å². The molecule has 134 valence electrons. The lowest BCUT2D eigenvalue weighted by atomic mass is 10.0. The van der Waals surface area contributed by atoms with Gasteiger partial charge < -0.3 is 11.2 Å². The van der Waals surface area contributed by atoms with Crippen LogP contribution in [-0.4, -0.2) is 31.5 Å². The summed E-state index contributed by atoms with van der Waals surface area (Å²) in [5.41, 5.74) is 2.75. The van der Waals surface area contributed by atoms with Crippen LogP contribution in [0.2, 0.25) is 0 Å². The Labute approximate surface area is 156 Å². The molecule has 3 N–H and O–H groups in total. The lowest BCUT2D eigenvalue weighted by molar-refractivity contribution is -0.113. The van der Waals surface area contributed by atoms with Gasteiger partial charge in [0.2, 0.25) is 11.1 Å². The molecule has 0 radical (unpaired) electrons. The van der Waals surface area contributed by atoms with E-state index in [2.05, 4.69) is 34.3 Å². The number of rotatable bonds is 6. The van der Waals surface area contributed by atoms with E-state index in [0.29, 0.717) is 16.9 Å². The molecule has 0 aliphatic heterocycles. The van der Waals surface area contributed by atoms with Crippen molar-refractivity contribution in [3.8, 4) is 11.4 Å². The van der Waals surface area contributed by atoms with Crippen LogP contribution in [0.25, 0.3) is 11.4 Å². The molecule has 26 heavy (non-hydrogen) atoms. The Bertz CT molecular complexity index is 894. The minimum absolute atomic E-state index is 0.114. The summed E-state index contributed by atoms with van der Waals surface area (Å²) < 4.78 is 1.38. The summed E-state index contributed by atoms with van der Waals surface area (Å²) in [5.74, 6) is 6.99. The van der Waals surface area contributed by atoms with Crippen molar-refractivity contribution in [1.82, 2.24) is 19.9 Å². The molecule has 0 aliphatic rings. The van der Waals surface area contributed by atoms with Crippen molar-refractivity contribution in [3.05, 3.63) is 54.4 Å². The maximum absolute atomic E-state index is 12.3. The first-order chi connectivity index (χ1) is 12.6. The predicted octanol–water partition coefficient (Wildman–Crippen LogP) is 2.91. The largest absolute Gasteiger partial charge is 0.335 e. The Kier molecular flexibility index (Phi) is 5.52. The molecule has 0 bridgehead atoms. The highest BCUT2D eigenvalue weighted by atomic mass is 32.2. The number of hydrogen-bond acceptors (Lipinski definition) is 6. The Morgan fingerprint density at radius 2 is 1.92 bits per heavy atom. The Morgan fingerprint density at radius 3 is 2.65 bits per heavy atom. The van der Waals surface area contributed by atoms with E-state index >= 15 is 0 Å². The van der Waals surface area contributed by atoms with Gasteiger partial charge in [0.1, 0.15) is 0 Å². The highest BCUT2D eigenvalue weighted by Gasteiger charge is 2.14. The fourth-order valence-corrected chi connectivity index (χ4v) is 3.16.